The highest BCUT2D eigenvalue weighted by molar-refractivity contribution is 5.75. The number of allylic oxidation sites excluding steroid dienone is 2. The summed E-state index contributed by atoms with van der Waals surface area (Å²) < 4.78 is 0. The fraction of sp³-hybridized carbons (Fsp3) is 0.842. The summed E-state index contributed by atoms with van der Waals surface area (Å²) in [5.41, 5.74) is 0.951. The summed E-state index contributed by atoms with van der Waals surface area (Å²) in [5, 5.41) is 20.0. The summed E-state index contributed by atoms with van der Waals surface area (Å²) in [6.45, 7) is 8.72. The van der Waals surface area contributed by atoms with Crippen LogP contribution >= 0.6 is 0 Å². The molecular formula is C19H30O3. The number of carboxylic acids is 1. The highest BCUT2D eigenvalue weighted by Crippen LogP contribution is 2.63. The number of aliphatic hydroxyl groups excluding tert-OH is 1. The molecule has 3 heteroatoms. The molecule has 3 nitrogen and oxygen atoms in total. The van der Waals surface area contributed by atoms with Crippen LogP contribution in [0.4, 0.5) is 0 Å². The fourth-order valence-electron chi connectivity index (χ4n) is 5.80. The molecule has 3 aliphatic carbocycles. The number of carboxylic acid groups (broad SMARTS) is 1. The number of hydrogen-bond acceptors (Lipinski definition) is 2. The van der Waals surface area contributed by atoms with Crippen molar-refractivity contribution in [2.45, 2.75) is 72.3 Å². The molecular weight excluding hydrogens is 276 g/mol. The predicted molar refractivity (Wildman–Crippen MR) is 86.4 cm³/mol. The summed E-state index contributed by atoms with van der Waals surface area (Å²) in [6, 6.07) is 0. The molecule has 0 aromatic carbocycles. The highest BCUT2D eigenvalue weighted by atomic mass is 16.4. The fourth-order valence-corrected chi connectivity index (χ4v) is 5.80. The molecule has 0 unspecified atom stereocenters. The lowest BCUT2D eigenvalue weighted by atomic mass is 9.45. The van der Waals surface area contributed by atoms with Crippen LogP contribution in [-0.2, 0) is 4.79 Å². The first-order valence-electron chi connectivity index (χ1n) is 8.72. The summed E-state index contributed by atoms with van der Waals surface area (Å²) >= 11 is 0. The first kappa shape index (κ1) is 16.0. The van der Waals surface area contributed by atoms with E-state index in [4.69, 9.17) is 0 Å². The third kappa shape index (κ3) is 2.08. The van der Waals surface area contributed by atoms with Crippen LogP contribution in [0, 0.1) is 28.1 Å². The molecule has 0 bridgehead atoms. The van der Waals surface area contributed by atoms with Gasteiger partial charge in [0.1, 0.15) is 0 Å². The number of fused-ring (bicyclic) bond motifs is 3. The average molecular weight is 306 g/mol. The maximum atomic E-state index is 11.6. The molecule has 0 heterocycles. The van der Waals surface area contributed by atoms with Crippen LogP contribution in [0.25, 0.3) is 0 Å². The molecule has 0 aromatic heterocycles. The number of rotatable bonds is 1. The van der Waals surface area contributed by atoms with Crippen molar-refractivity contribution in [3.05, 3.63) is 11.6 Å². The number of aliphatic carboxylic acids is 1. The van der Waals surface area contributed by atoms with E-state index in [-0.39, 0.29) is 16.9 Å². The Bertz CT molecular complexity index is 521. The molecule has 5 atom stereocenters. The summed E-state index contributed by atoms with van der Waals surface area (Å²) in [5.74, 6) is 0.343. The van der Waals surface area contributed by atoms with E-state index < -0.39 is 11.4 Å². The van der Waals surface area contributed by atoms with Gasteiger partial charge in [0.2, 0.25) is 0 Å². The normalized spacial score (nSPS) is 47.1. The Hall–Kier alpha value is -0.830. The van der Waals surface area contributed by atoms with E-state index in [0.29, 0.717) is 18.3 Å². The van der Waals surface area contributed by atoms with Crippen molar-refractivity contribution in [2.75, 3.05) is 0 Å². The summed E-state index contributed by atoms with van der Waals surface area (Å²) in [4.78, 5) is 11.6. The Morgan fingerprint density at radius 1 is 1.18 bits per heavy atom. The first-order valence-corrected chi connectivity index (χ1v) is 8.72. The number of carbonyl (C=O) groups is 1. The molecule has 2 saturated carbocycles. The first-order chi connectivity index (χ1) is 10.1. The van der Waals surface area contributed by atoms with E-state index in [1.54, 1.807) is 0 Å². The van der Waals surface area contributed by atoms with Gasteiger partial charge in [-0.1, -0.05) is 32.4 Å². The van der Waals surface area contributed by atoms with Crippen LogP contribution in [0.1, 0.15) is 66.2 Å². The molecule has 0 spiro atoms. The van der Waals surface area contributed by atoms with Crippen LogP contribution in [0.3, 0.4) is 0 Å². The molecule has 3 aliphatic rings. The lowest BCUT2D eigenvalue weighted by Gasteiger charge is -2.60. The van der Waals surface area contributed by atoms with Gasteiger partial charge >= 0.3 is 5.97 Å². The molecule has 2 fully saturated rings. The zero-order valence-electron chi connectivity index (χ0n) is 14.4. The van der Waals surface area contributed by atoms with Crippen molar-refractivity contribution in [3.63, 3.8) is 0 Å². The molecule has 124 valence electrons. The molecule has 0 aliphatic heterocycles. The lowest BCUT2D eigenvalue weighted by molar-refractivity contribution is -0.152. The van der Waals surface area contributed by atoms with Crippen molar-refractivity contribution in [3.8, 4) is 0 Å². The Morgan fingerprint density at radius 3 is 2.50 bits per heavy atom. The van der Waals surface area contributed by atoms with Gasteiger partial charge in [-0.05, 0) is 68.1 Å². The van der Waals surface area contributed by atoms with Gasteiger partial charge < -0.3 is 10.2 Å². The third-order valence-electron chi connectivity index (χ3n) is 7.46. The van der Waals surface area contributed by atoms with Gasteiger partial charge in [0, 0.05) is 0 Å². The standard InChI is InChI=1S/C19H30O3/c1-17(2)14-6-5-12-11-18(3,16(21)22)9-7-13(12)19(14,4)10-8-15(17)20/h5,13-15,20H,6-11H2,1-4H3,(H,21,22)/t13-,14-,15+,18-,19+/m0/s1. The number of aliphatic hydroxyl groups is 1. The van der Waals surface area contributed by atoms with Gasteiger partial charge in [-0.3, -0.25) is 4.79 Å². The van der Waals surface area contributed by atoms with E-state index in [9.17, 15) is 15.0 Å². The zero-order valence-corrected chi connectivity index (χ0v) is 14.4. The Morgan fingerprint density at radius 2 is 1.86 bits per heavy atom. The smallest absolute Gasteiger partial charge is 0.309 e. The summed E-state index contributed by atoms with van der Waals surface area (Å²) in [6.07, 6.45) is 7.49. The minimum atomic E-state index is -0.654. The maximum absolute atomic E-state index is 11.6. The van der Waals surface area contributed by atoms with Crippen molar-refractivity contribution >= 4 is 5.97 Å². The second-order valence-electron chi connectivity index (χ2n) is 9.08. The van der Waals surface area contributed by atoms with Gasteiger partial charge in [0.05, 0.1) is 11.5 Å². The van der Waals surface area contributed by atoms with E-state index >= 15 is 0 Å². The molecule has 0 amide bonds. The molecule has 0 saturated heterocycles. The monoisotopic (exact) mass is 306 g/mol. The van der Waals surface area contributed by atoms with Crippen LogP contribution < -0.4 is 0 Å². The highest BCUT2D eigenvalue weighted by Gasteiger charge is 2.57. The molecule has 0 aromatic rings. The minimum absolute atomic E-state index is 0.0530. The SMILES string of the molecule is CC1(C)[C@H](O)CC[C@]2(C)[C@H]3CC[C@](C)(C(=O)O)CC3=CC[C@@H]12. The van der Waals surface area contributed by atoms with Crippen molar-refractivity contribution in [1.29, 1.82) is 0 Å². The zero-order chi connectivity index (χ0) is 16.3. The molecule has 2 N–H and O–H groups in total. The van der Waals surface area contributed by atoms with Gasteiger partial charge in [0.15, 0.2) is 0 Å². The molecule has 3 rings (SSSR count). The van der Waals surface area contributed by atoms with Gasteiger partial charge in [-0.25, -0.2) is 0 Å². The topological polar surface area (TPSA) is 57.5 Å². The van der Waals surface area contributed by atoms with Gasteiger partial charge in [-0.2, -0.15) is 0 Å². The molecule has 22 heavy (non-hydrogen) atoms. The van der Waals surface area contributed by atoms with Crippen LogP contribution in [0.5, 0.6) is 0 Å². The Labute approximate surface area is 133 Å². The van der Waals surface area contributed by atoms with E-state index in [0.717, 1.165) is 32.1 Å². The van der Waals surface area contributed by atoms with Crippen LogP contribution in [0.2, 0.25) is 0 Å². The minimum Gasteiger partial charge on any atom is -0.481 e. The van der Waals surface area contributed by atoms with Gasteiger partial charge in [0.25, 0.3) is 0 Å². The van der Waals surface area contributed by atoms with Crippen LogP contribution in [0.15, 0.2) is 11.6 Å². The van der Waals surface area contributed by atoms with Crippen LogP contribution in [-0.4, -0.2) is 22.3 Å². The predicted octanol–water partition coefficient (Wildman–Crippen LogP) is 4.01. The van der Waals surface area contributed by atoms with Crippen molar-refractivity contribution in [2.24, 2.45) is 28.1 Å². The lowest BCUT2D eigenvalue weighted by Crippen LogP contribution is -2.55. The average Bonchev–Trinajstić information content (AvgIpc) is 2.43. The van der Waals surface area contributed by atoms with E-state index in [1.807, 2.05) is 6.92 Å². The summed E-state index contributed by atoms with van der Waals surface area (Å²) in [7, 11) is 0. The van der Waals surface area contributed by atoms with Crippen molar-refractivity contribution in [1.82, 2.24) is 0 Å². The van der Waals surface area contributed by atoms with Gasteiger partial charge in [-0.15, -0.1) is 0 Å². The van der Waals surface area contributed by atoms with E-state index in [1.165, 1.54) is 5.57 Å². The Balaban J connectivity index is 1.94. The molecule has 0 radical (unpaired) electrons. The quantitative estimate of drug-likeness (QED) is 0.720. The second-order valence-corrected chi connectivity index (χ2v) is 9.08. The Kier molecular flexibility index (Phi) is 3.52. The third-order valence-corrected chi connectivity index (χ3v) is 7.46. The number of hydrogen-bond donors (Lipinski definition) is 2. The largest absolute Gasteiger partial charge is 0.481 e. The van der Waals surface area contributed by atoms with E-state index in [2.05, 4.69) is 26.8 Å². The van der Waals surface area contributed by atoms with Crippen molar-refractivity contribution < 1.29 is 15.0 Å². The second kappa shape index (κ2) is 4.83. The maximum Gasteiger partial charge on any atom is 0.309 e.